The molecule has 0 bridgehead atoms. The molecule has 1 aliphatic heterocycles. The first-order valence-electron chi connectivity index (χ1n) is 10.2. The predicted octanol–water partition coefficient (Wildman–Crippen LogP) is 4.21. The average Bonchev–Trinajstić information content (AvgIpc) is 3.57. The number of rotatable bonds is 4. The molecule has 0 saturated heterocycles. The highest BCUT2D eigenvalue weighted by Crippen LogP contribution is 2.45. The Bertz CT molecular complexity index is 1450. The van der Waals surface area contributed by atoms with Crippen LogP contribution in [-0.4, -0.2) is 34.0 Å². The number of nitrogens with zero attached hydrogens (tertiary/aromatic N) is 2. The van der Waals surface area contributed by atoms with E-state index in [0.717, 1.165) is 32.8 Å². The number of esters is 1. The molecule has 1 aliphatic rings. The Balaban J connectivity index is 1.47. The predicted molar refractivity (Wildman–Crippen MR) is 139 cm³/mol. The summed E-state index contributed by atoms with van der Waals surface area (Å²) < 4.78 is 4.74. The number of carbonyl (C=O) groups excluding carboxylic acids is 2. The van der Waals surface area contributed by atoms with Crippen LogP contribution in [0.3, 0.4) is 0 Å². The number of nitrogens with two attached hydrogens (primary N) is 2. The van der Waals surface area contributed by atoms with E-state index in [9.17, 15) is 9.59 Å². The fourth-order valence-corrected chi connectivity index (χ4v) is 6.02. The van der Waals surface area contributed by atoms with E-state index in [1.807, 2.05) is 22.4 Å². The molecular formula is C23H19N5O3S3. The number of anilines is 2. The van der Waals surface area contributed by atoms with Gasteiger partial charge in [0.05, 0.1) is 30.6 Å². The Hall–Kier alpha value is -3.54. The Kier molecular flexibility index (Phi) is 5.68. The molecule has 4 aromatic rings. The van der Waals surface area contributed by atoms with Crippen molar-refractivity contribution in [2.45, 2.75) is 13.1 Å². The number of fused-ring (bicyclic) bond motifs is 2. The highest BCUT2D eigenvalue weighted by atomic mass is 32.1. The molecule has 11 heteroatoms. The molecule has 172 valence electrons. The largest absolute Gasteiger partial charge is 0.465 e. The molecule has 4 heterocycles. The molecule has 0 unspecified atom stereocenters. The molecule has 0 radical (unpaired) electrons. The normalized spacial score (nSPS) is 12.6. The molecule has 5 rings (SSSR count). The lowest BCUT2D eigenvalue weighted by Crippen LogP contribution is -2.30. The van der Waals surface area contributed by atoms with Crippen molar-refractivity contribution in [3.05, 3.63) is 63.5 Å². The lowest BCUT2D eigenvalue weighted by molar-refractivity contribution is 0.0600. The molecule has 0 saturated carbocycles. The van der Waals surface area contributed by atoms with Crippen LogP contribution in [0, 0.1) is 0 Å². The highest BCUT2D eigenvalue weighted by molar-refractivity contribution is 7.80. The monoisotopic (exact) mass is 509 g/mol. The number of methoxy groups -OCH3 is 1. The van der Waals surface area contributed by atoms with Crippen LogP contribution in [-0.2, 0) is 17.8 Å². The van der Waals surface area contributed by atoms with Gasteiger partial charge in [-0.3, -0.25) is 4.79 Å². The van der Waals surface area contributed by atoms with Crippen molar-refractivity contribution in [2.24, 2.45) is 5.73 Å². The van der Waals surface area contributed by atoms with Crippen LogP contribution in [0.1, 0.15) is 31.3 Å². The molecule has 0 aliphatic carbocycles. The summed E-state index contributed by atoms with van der Waals surface area (Å²) in [7, 11) is 1.35. The quantitative estimate of drug-likeness (QED) is 0.276. The van der Waals surface area contributed by atoms with Crippen LogP contribution in [0.2, 0.25) is 0 Å². The number of carbonyl (C=O) groups is 2. The first-order chi connectivity index (χ1) is 16.4. The average molecular weight is 510 g/mol. The molecule has 1 amide bonds. The lowest BCUT2D eigenvalue weighted by atomic mass is 10.0. The van der Waals surface area contributed by atoms with Gasteiger partial charge in [0.15, 0.2) is 5.11 Å². The van der Waals surface area contributed by atoms with E-state index in [1.165, 1.54) is 18.4 Å². The van der Waals surface area contributed by atoms with Gasteiger partial charge in [0, 0.05) is 33.6 Å². The Morgan fingerprint density at radius 2 is 1.97 bits per heavy atom. The number of thiocarbonyl (C=S) groups is 1. The van der Waals surface area contributed by atoms with Gasteiger partial charge in [-0.2, -0.15) is 0 Å². The van der Waals surface area contributed by atoms with Crippen LogP contribution in [0.5, 0.6) is 0 Å². The number of aromatic nitrogens is 1. The second-order valence-corrected chi connectivity index (χ2v) is 9.97. The number of amides is 1. The number of thiophene rings is 2. The zero-order chi connectivity index (χ0) is 24.0. The van der Waals surface area contributed by atoms with Gasteiger partial charge in [-0.25, -0.2) is 9.78 Å². The molecule has 1 aromatic carbocycles. The van der Waals surface area contributed by atoms with E-state index >= 15 is 0 Å². The summed E-state index contributed by atoms with van der Waals surface area (Å²) in [5.41, 5.74) is 16.4. The molecule has 0 fully saturated rings. The topological polar surface area (TPSA) is 124 Å². The Morgan fingerprint density at radius 1 is 1.21 bits per heavy atom. The van der Waals surface area contributed by atoms with Gasteiger partial charge in [-0.1, -0.05) is 6.07 Å². The van der Waals surface area contributed by atoms with Gasteiger partial charge in [-0.15, -0.1) is 22.7 Å². The van der Waals surface area contributed by atoms with Gasteiger partial charge >= 0.3 is 5.97 Å². The van der Waals surface area contributed by atoms with E-state index < -0.39 is 11.9 Å². The van der Waals surface area contributed by atoms with Crippen molar-refractivity contribution in [2.75, 3.05) is 18.2 Å². The van der Waals surface area contributed by atoms with Crippen molar-refractivity contribution in [3.63, 3.8) is 0 Å². The van der Waals surface area contributed by atoms with Gasteiger partial charge in [0.1, 0.15) is 9.71 Å². The number of hydrogen-bond donors (Lipinski definition) is 3. The van der Waals surface area contributed by atoms with Crippen LogP contribution in [0.15, 0.2) is 41.8 Å². The van der Waals surface area contributed by atoms with Crippen molar-refractivity contribution < 1.29 is 14.3 Å². The molecule has 0 atom stereocenters. The van der Waals surface area contributed by atoms with Gasteiger partial charge in [0.2, 0.25) is 0 Å². The third-order valence-electron chi connectivity index (χ3n) is 5.59. The lowest BCUT2D eigenvalue weighted by Gasteiger charge is -2.20. The Morgan fingerprint density at radius 3 is 2.62 bits per heavy atom. The Labute approximate surface area is 208 Å². The number of nitrogens with one attached hydrogen (secondary N) is 1. The van der Waals surface area contributed by atoms with Crippen LogP contribution in [0.25, 0.3) is 20.7 Å². The van der Waals surface area contributed by atoms with Crippen LogP contribution in [0.4, 0.5) is 11.4 Å². The van der Waals surface area contributed by atoms with E-state index in [4.69, 9.17) is 33.4 Å². The first-order valence-corrected chi connectivity index (χ1v) is 12.3. The smallest absolute Gasteiger partial charge is 0.337 e. The molecule has 0 spiro atoms. The first kappa shape index (κ1) is 22.3. The summed E-state index contributed by atoms with van der Waals surface area (Å²) in [5, 5.41) is 6.53. The fraction of sp³-hybridized carbons (Fsp3) is 0.130. The van der Waals surface area contributed by atoms with Crippen molar-refractivity contribution in [1.29, 1.82) is 0 Å². The number of pyridine rings is 1. The zero-order valence-electron chi connectivity index (χ0n) is 18.0. The van der Waals surface area contributed by atoms with E-state index in [1.54, 1.807) is 35.6 Å². The zero-order valence-corrected chi connectivity index (χ0v) is 20.4. The molecule has 5 N–H and O–H groups in total. The summed E-state index contributed by atoms with van der Waals surface area (Å²) >= 11 is 8.49. The van der Waals surface area contributed by atoms with Crippen molar-refractivity contribution in [1.82, 2.24) is 9.88 Å². The maximum atomic E-state index is 11.9. The van der Waals surface area contributed by atoms with Crippen LogP contribution >= 0.6 is 34.9 Å². The minimum atomic E-state index is -0.553. The summed E-state index contributed by atoms with van der Waals surface area (Å²) in [6.45, 7) is 1.05. The van der Waals surface area contributed by atoms with Gasteiger partial charge in [-0.05, 0) is 47.9 Å². The van der Waals surface area contributed by atoms with E-state index in [2.05, 4.69) is 5.32 Å². The maximum Gasteiger partial charge on any atom is 0.337 e. The third-order valence-corrected chi connectivity index (χ3v) is 7.95. The van der Waals surface area contributed by atoms with E-state index in [0.29, 0.717) is 39.2 Å². The highest BCUT2D eigenvalue weighted by Gasteiger charge is 2.30. The van der Waals surface area contributed by atoms with Gasteiger partial charge < -0.3 is 26.4 Å². The van der Waals surface area contributed by atoms with Crippen molar-refractivity contribution >= 4 is 73.5 Å². The minimum Gasteiger partial charge on any atom is -0.465 e. The molecule has 34 heavy (non-hydrogen) atoms. The number of nitrogen functional groups attached to an aromatic ring is 1. The van der Waals surface area contributed by atoms with E-state index in [-0.39, 0.29) is 0 Å². The second-order valence-electron chi connectivity index (χ2n) is 7.63. The SMILES string of the molecule is COC(=O)c1ccc(NC(=S)N2Cc3nc4sc(C(N)=O)c(N)c4c(-c4cccs4)c3C2)cc1. The molecule has 8 nitrogen and oxygen atoms in total. The van der Waals surface area contributed by atoms with Gasteiger partial charge in [0.25, 0.3) is 5.91 Å². The summed E-state index contributed by atoms with van der Waals surface area (Å²) in [6, 6.07) is 10.9. The number of ether oxygens (including phenoxy) is 1. The summed E-state index contributed by atoms with van der Waals surface area (Å²) in [4.78, 5) is 32.5. The molecular weight excluding hydrogens is 490 g/mol. The maximum absolute atomic E-state index is 11.9. The third kappa shape index (κ3) is 3.77. The fourth-order valence-electron chi connectivity index (χ4n) is 4.00. The number of primary amides is 1. The number of benzene rings is 1. The van der Waals surface area contributed by atoms with Crippen molar-refractivity contribution in [3.8, 4) is 10.4 Å². The van der Waals surface area contributed by atoms with Crippen LogP contribution < -0.4 is 16.8 Å². The second kappa shape index (κ2) is 8.67. The number of hydrogen-bond acceptors (Lipinski definition) is 8. The minimum absolute atomic E-state index is 0.327. The summed E-state index contributed by atoms with van der Waals surface area (Å²) in [5.74, 6) is -0.946. The standard InChI is InChI=1S/C23H19N5O3S3/c1-31-22(30)11-4-6-12(7-5-11)26-23(32)28-9-13-14(10-28)27-21-17(16(13)15-3-2-8-33-15)18(24)19(34-21)20(25)29/h2-8H,9-10,24H2,1H3,(H2,25,29)(H,26,32). The summed E-state index contributed by atoms with van der Waals surface area (Å²) in [6.07, 6.45) is 0. The molecule has 3 aromatic heterocycles.